The molecule has 1 unspecified atom stereocenters. The molecule has 1 saturated carbocycles. The van der Waals surface area contributed by atoms with Crippen molar-refractivity contribution in [1.29, 1.82) is 0 Å². The van der Waals surface area contributed by atoms with E-state index >= 15 is 0 Å². The molecular weight excluding hydrogens is 672 g/mol. The van der Waals surface area contributed by atoms with Crippen LogP contribution >= 0.6 is 0 Å². The van der Waals surface area contributed by atoms with Gasteiger partial charge in [-0.1, -0.05) is 55.4 Å². The Balaban J connectivity index is -0.000000277. The molecule has 0 saturated heterocycles. The van der Waals surface area contributed by atoms with Crippen LogP contribution in [0.25, 0.3) is 0 Å². The highest BCUT2D eigenvalue weighted by Gasteiger charge is 2.33. The molecule has 12 nitrogen and oxygen atoms in total. The second-order valence-electron chi connectivity index (χ2n) is 11.0. The lowest BCUT2D eigenvalue weighted by atomic mass is 9.83. The van der Waals surface area contributed by atoms with Crippen molar-refractivity contribution in [2.75, 3.05) is 0 Å². The van der Waals surface area contributed by atoms with Gasteiger partial charge >= 0.3 is 0 Å². The largest absolute Gasteiger partial charge is 0.511 e. The van der Waals surface area contributed by atoms with Gasteiger partial charge in [-0.25, -0.2) is 0 Å². The maximum absolute atomic E-state index is 11.1. The van der Waals surface area contributed by atoms with Crippen molar-refractivity contribution in [2.45, 2.75) is 166 Å². The molecule has 4 rings (SSSR count). The van der Waals surface area contributed by atoms with E-state index in [1.807, 2.05) is 55.4 Å². The third kappa shape index (κ3) is 20.1. The number of hydrogen-bond donors (Lipinski definition) is 4. The molecule has 0 radical (unpaired) electrons. The van der Waals surface area contributed by atoms with Crippen LogP contribution in [0.1, 0.15) is 160 Å². The third-order valence-corrected chi connectivity index (χ3v) is 7.23. The summed E-state index contributed by atoms with van der Waals surface area (Å²) in [6.07, 6.45) is 5.24. The van der Waals surface area contributed by atoms with Crippen LogP contribution in [0.3, 0.4) is 0 Å². The fourth-order valence-electron chi connectivity index (χ4n) is 5.15. The van der Waals surface area contributed by atoms with E-state index in [0.29, 0.717) is 77.0 Å². The minimum atomic E-state index is -0.810. The van der Waals surface area contributed by atoms with Crippen LogP contribution in [0.4, 0.5) is 0 Å². The molecule has 0 aromatic carbocycles. The predicted molar refractivity (Wildman–Crippen MR) is 202 cm³/mol. The van der Waals surface area contributed by atoms with Crippen molar-refractivity contribution < 1.29 is 58.8 Å². The Morgan fingerprint density at radius 3 is 0.808 bits per heavy atom. The van der Waals surface area contributed by atoms with Crippen molar-refractivity contribution in [3.8, 4) is 0 Å². The zero-order valence-corrected chi connectivity index (χ0v) is 33.7. The van der Waals surface area contributed by atoms with Crippen LogP contribution < -0.4 is 0 Å². The van der Waals surface area contributed by atoms with Crippen molar-refractivity contribution in [3.63, 3.8) is 0 Å². The number of Topliss-reactive ketones (excluding diaryl/α,β-unsaturated/α-hetero) is 8. The fraction of sp³-hybridized carbons (Fsp3) is 0.650. The van der Waals surface area contributed by atoms with Crippen molar-refractivity contribution >= 4 is 46.3 Å². The van der Waals surface area contributed by atoms with Gasteiger partial charge in [-0.05, 0) is 53.4 Å². The molecule has 0 spiro atoms. The van der Waals surface area contributed by atoms with Crippen LogP contribution in [0.5, 0.6) is 0 Å². The first kappa shape index (κ1) is 54.7. The van der Waals surface area contributed by atoms with Gasteiger partial charge < -0.3 is 20.4 Å². The van der Waals surface area contributed by atoms with E-state index in [1.54, 1.807) is 0 Å². The number of ketones is 8. The number of aliphatic hydroxyl groups is 4. The van der Waals surface area contributed by atoms with Gasteiger partial charge in [0.15, 0.2) is 34.7 Å². The van der Waals surface area contributed by atoms with Crippen LogP contribution in [-0.4, -0.2) is 72.8 Å². The predicted octanol–water partition coefficient (Wildman–Crippen LogP) is 7.83. The maximum atomic E-state index is 11.1. The van der Waals surface area contributed by atoms with E-state index in [-0.39, 0.29) is 80.3 Å². The summed E-state index contributed by atoms with van der Waals surface area (Å²) in [4.78, 5) is 87.5. The summed E-state index contributed by atoms with van der Waals surface area (Å²) in [5, 5.41) is 36.5. The topological polar surface area (TPSA) is 217 Å². The van der Waals surface area contributed by atoms with Crippen LogP contribution in [-0.2, 0) is 38.4 Å². The van der Waals surface area contributed by atoms with Crippen molar-refractivity contribution in [2.24, 2.45) is 5.92 Å². The van der Waals surface area contributed by atoms with E-state index in [9.17, 15) is 38.4 Å². The number of rotatable bonds is 4. The number of carbonyl (C=O) groups excluding carboxylic acids is 8. The molecule has 0 heterocycles. The molecule has 0 amide bonds. The summed E-state index contributed by atoms with van der Waals surface area (Å²) >= 11 is 0. The molecule has 4 aliphatic rings. The number of hydrogen-bond acceptors (Lipinski definition) is 12. The number of allylic oxidation sites excluding steroid dienone is 6. The molecule has 0 aliphatic heterocycles. The van der Waals surface area contributed by atoms with Gasteiger partial charge in [-0.3, -0.25) is 38.4 Å². The summed E-state index contributed by atoms with van der Waals surface area (Å²) in [7, 11) is 0. The van der Waals surface area contributed by atoms with E-state index in [0.717, 1.165) is 0 Å². The van der Waals surface area contributed by atoms with Crippen LogP contribution in [0.15, 0.2) is 34.0 Å². The minimum Gasteiger partial charge on any atom is -0.511 e. The molecular formula is C40H66O12. The van der Waals surface area contributed by atoms with Gasteiger partial charge in [-0.2, -0.15) is 0 Å². The highest BCUT2D eigenvalue weighted by Crippen LogP contribution is 2.22. The normalized spacial score (nSPS) is 17.4. The average molecular weight is 739 g/mol. The second kappa shape index (κ2) is 31.7. The van der Waals surface area contributed by atoms with Gasteiger partial charge in [0.2, 0.25) is 0 Å². The zero-order chi connectivity index (χ0) is 41.7. The standard InChI is InChI=1S/C8H12O3.3C8H10O3.4C2H6/c4*1-5(9)8-6(10)3-2-4-7(8)11;4*1-2/h5,8-9H,2-4H2,1H3;3*10H,2-4H2,1H3;4*1-2H3. The van der Waals surface area contributed by atoms with E-state index in [2.05, 4.69) is 0 Å². The SMILES string of the molecule is CC.CC.CC.CC.CC(=O)C1=C(O)CCCC1=O.CC(=O)C1=C(O)CCCC1=O.CC(=O)C1=C(O)CCCC1=O.CC(O)C1C(=O)CCCC1=O. The molecule has 4 aliphatic carbocycles. The molecule has 12 heteroatoms. The third-order valence-electron chi connectivity index (χ3n) is 7.23. The molecule has 0 aromatic heterocycles. The molecule has 298 valence electrons. The Hall–Kier alpha value is -4.06. The quantitative estimate of drug-likeness (QED) is 0.160. The Morgan fingerprint density at radius 1 is 0.462 bits per heavy atom. The second-order valence-corrected chi connectivity index (χ2v) is 11.0. The molecule has 4 N–H and O–H groups in total. The van der Waals surface area contributed by atoms with E-state index in [1.165, 1.54) is 27.7 Å². The molecule has 0 aromatic rings. The smallest absolute Gasteiger partial charge is 0.169 e. The Bertz CT molecular complexity index is 1160. The minimum absolute atomic E-state index is 0.0104. The molecule has 52 heavy (non-hydrogen) atoms. The van der Waals surface area contributed by atoms with Gasteiger partial charge in [0.25, 0.3) is 0 Å². The van der Waals surface area contributed by atoms with Gasteiger partial charge in [0.1, 0.15) is 34.8 Å². The lowest BCUT2D eigenvalue weighted by Gasteiger charge is -2.21. The van der Waals surface area contributed by atoms with Crippen molar-refractivity contribution in [1.82, 2.24) is 0 Å². The van der Waals surface area contributed by atoms with Crippen molar-refractivity contribution in [3.05, 3.63) is 34.0 Å². The molecule has 0 bridgehead atoms. The monoisotopic (exact) mass is 738 g/mol. The van der Waals surface area contributed by atoms with Gasteiger partial charge in [0, 0.05) is 51.4 Å². The number of carbonyl (C=O) groups is 8. The van der Waals surface area contributed by atoms with Gasteiger partial charge in [-0.15, -0.1) is 0 Å². The zero-order valence-electron chi connectivity index (χ0n) is 33.7. The fourth-order valence-corrected chi connectivity index (χ4v) is 5.15. The molecule has 1 atom stereocenters. The summed E-state index contributed by atoms with van der Waals surface area (Å²) in [5.74, 6) is -2.68. The summed E-state index contributed by atoms with van der Waals surface area (Å²) in [6, 6.07) is 0. The summed E-state index contributed by atoms with van der Waals surface area (Å²) in [5.41, 5.74) is 0.0313. The summed E-state index contributed by atoms with van der Waals surface area (Å²) in [6.45, 7) is 21.4. The highest BCUT2D eigenvalue weighted by molar-refractivity contribution is 6.21. The lowest BCUT2D eigenvalue weighted by molar-refractivity contribution is -0.140. The average Bonchev–Trinajstić information content (AvgIpc) is 3.08. The Kier molecular flexibility index (Phi) is 33.3. The molecule has 1 fully saturated rings. The lowest BCUT2D eigenvalue weighted by Crippen LogP contribution is -2.36. The Labute approximate surface area is 310 Å². The summed E-state index contributed by atoms with van der Waals surface area (Å²) < 4.78 is 0. The first-order valence-corrected chi connectivity index (χ1v) is 18.6. The van der Waals surface area contributed by atoms with Gasteiger partial charge in [0.05, 0.1) is 22.8 Å². The Morgan fingerprint density at radius 2 is 0.673 bits per heavy atom. The first-order chi connectivity index (χ1) is 24.5. The maximum Gasteiger partial charge on any atom is 0.169 e. The van der Waals surface area contributed by atoms with E-state index in [4.69, 9.17) is 20.4 Å². The highest BCUT2D eigenvalue weighted by atomic mass is 16.3. The van der Waals surface area contributed by atoms with E-state index < -0.39 is 12.0 Å². The van der Waals surface area contributed by atoms with Crippen LogP contribution in [0, 0.1) is 5.92 Å². The van der Waals surface area contributed by atoms with Crippen LogP contribution in [0.2, 0.25) is 0 Å². The first-order valence-electron chi connectivity index (χ1n) is 18.6. The number of aliphatic hydroxyl groups excluding tert-OH is 4.